The molecule has 1 amide bonds. The van der Waals surface area contributed by atoms with E-state index in [0.29, 0.717) is 5.75 Å². The van der Waals surface area contributed by atoms with Gasteiger partial charge in [-0.3, -0.25) is 4.79 Å². The number of hydrogen-bond acceptors (Lipinski definition) is 2. The molecule has 0 aliphatic carbocycles. The Hall–Kier alpha value is 0.820. The van der Waals surface area contributed by atoms with E-state index in [2.05, 4.69) is 5.32 Å². The van der Waals surface area contributed by atoms with Crippen LogP contribution >= 0.6 is 11.8 Å². The van der Waals surface area contributed by atoms with Crippen LogP contribution in [0, 0.1) is 0 Å². The van der Waals surface area contributed by atoms with Crippen LogP contribution in [0.3, 0.4) is 0 Å². The van der Waals surface area contributed by atoms with E-state index in [9.17, 15) is 4.79 Å². The Morgan fingerprint density at radius 2 is 2.43 bits per heavy atom. The Kier molecular flexibility index (Phi) is 4.22. The average Bonchev–Trinajstić information content (AvgIpc) is 1.86. The van der Waals surface area contributed by atoms with Gasteiger partial charge in [-0.1, -0.05) is 0 Å². The van der Waals surface area contributed by atoms with Gasteiger partial charge in [-0.15, -0.1) is 11.8 Å². The fraction of sp³-hybridized carbons (Fsp3) is 0.667. The van der Waals surface area contributed by atoms with Gasteiger partial charge in [0.1, 0.15) is 0 Å². The SMILES string of the molecule is O=C1CSCN1.[NaH]. The van der Waals surface area contributed by atoms with Crippen molar-refractivity contribution in [3.63, 3.8) is 0 Å². The summed E-state index contributed by atoms with van der Waals surface area (Å²) in [7, 11) is 0. The third-order valence-corrected chi connectivity index (χ3v) is 1.42. The molecule has 0 saturated carbocycles. The van der Waals surface area contributed by atoms with E-state index < -0.39 is 0 Å². The van der Waals surface area contributed by atoms with Crippen molar-refractivity contribution in [3.05, 3.63) is 0 Å². The van der Waals surface area contributed by atoms with Crippen LogP contribution in [-0.2, 0) is 4.79 Å². The zero-order valence-electron chi connectivity index (χ0n) is 3.23. The molecule has 0 atom stereocenters. The van der Waals surface area contributed by atoms with E-state index in [1.54, 1.807) is 11.8 Å². The summed E-state index contributed by atoms with van der Waals surface area (Å²) >= 11 is 1.62. The van der Waals surface area contributed by atoms with Crippen LogP contribution in [0.1, 0.15) is 0 Å². The first-order chi connectivity index (χ1) is 2.89. The van der Waals surface area contributed by atoms with E-state index in [1.807, 2.05) is 0 Å². The van der Waals surface area contributed by atoms with Gasteiger partial charge in [0.15, 0.2) is 0 Å². The molecule has 0 radical (unpaired) electrons. The molecule has 1 aliphatic rings. The van der Waals surface area contributed by atoms with E-state index >= 15 is 0 Å². The summed E-state index contributed by atoms with van der Waals surface area (Å²) < 4.78 is 0. The van der Waals surface area contributed by atoms with Crippen molar-refractivity contribution in [1.82, 2.24) is 5.32 Å². The Balaban J connectivity index is 0.000000360. The van der Waals surface area contributed by atoms with Crippen molar-refractivity contribution in [3.8, 4) is 0 Å². The first-order valence-corrected chi connectivity index (χ1v) is 2.89. The number of thioether (sulfide) groups is 1. The van der Waals surface area contributed by atoms with E-state index in [-0.39, 0.29) is 35.5 Å². The van der Waals surface area contributed by atoms with Gasteiger partial charge in [-0.25, -0.2) is 0 Å². The van der Waals surface area contributed by atoms with Gasteiger partial charge >= 0.3 is 29.6 Å². The molecule has 0 unspecified atom stereocenters. The molecule has 36 valence electrons. The summed E-state index contributed by atoms with van der Waals surface area (Å²) in [6.07, 6.45) is 0. The molecule has 1 N–H and O–H groups in total. The minimum atomic E-state index is 0. The molecule has 7 heavy (non-hydrogen) atoms. The molecule has 1 aliphatic heterocycles. The average molecular weight is 127 g/mol. The summed E-state index contributed by atoms with van der Waals surface area (Å²) in [4.78, 5) is 10.1. The van der Waals surface area contributed by atoms with E-state index in [1.165, 1.54) is 0 Å². The van der Waals surface area contributed by atoms with Crippen molar-refractivity contribution in [2.24, 2.45) is 0 Å². The number of rotatable bonds is 0. The number of nitrogens with one attached hydrogen (secondary N) is 1. The molecule has 1 saturated heterocycles. The van der Waals surface area contributed by atoms with Crippen molar-refractivity contribution in [1.29, 1.82) is 0 Å². The molecule has 0 spiro atoms. The van der Waals surface area contributed by atoms with Crippen LogP contribution in [0.5, 0.6) is 0 Å². The second-order valence-electron chi connectivity index (χ2n) is 1.09. The number of carbonyl (C=O) groups is 1. The van der Waals surface area contributed by atoms with Crippen LogP contribution in [-0.4, -0.2) is 47.1 Å². The Morgan fingerprint density at radius 1 is 1.71 bits per heavy atom. The fourth-order valence-electron chi connectivity index (χ4n) is 0.326. The molecule has 0 bridgehead atoms. The summed E-state index contributed by atoms with van der Waals surface area (Å²) in [5.74, 6) is 1.62. The van der Waals surface area contributed by atoms with E-state index in [4.69, 9.17) is 0 Å². The predicted octanol–water partition coefficient (Wildman–Crippen LogP) is -0.842. The van der Waals surface area contributed by atoms with Gasteiger partial charge in [0.25, 0.3) is 0 Å². The first kappa shape index (κ1) is 7.82. The van der Waals surface area contributed by atoms with Crippen molar-refractivity contribution < 1.29 is 4.79 Å². The third kappa shape index (κ3) is 2.59. The molecule has 0 aromatic carbocycles. The molecule has 1 rings (SSSR count). The van der Waals surface area contributed by atoms with E-state index in [0.717, 1.165) is 5.88 Å². The van der Waals surface area contributed by atoms with Gasteiger partial charge in [-0.05, 0) is 0 Å². The summed E-state index contributed by atoms with van der Waals surface area (Å²) in [6, 6.07) is 0. The normalized spacial score (nSPS) is 18.0. The maximum absolute atomic E-state index is 10.1. The van der Waals surface area contributed by atoms with Gasteiger partial charge in [-0.2, -0.15) is 0 Å². The molecular weight excluding hydrogens is 121 g/mol. The minimum absolute atomic E-state index is 0. The van der Waals surface area contributed by atoms with Gasteiger partial charge in [0.2, 0.25) is 5.91 Å². The number of hydrogen-bond donors (Lipinski definition) is 1. The second kappa shape index (κ2) is 3.78. The first-order valence-electron chi connectivity index (χ1n) is 1.74. The molecule has 2 nitrogen and oxygen atoms in total. The van der Waals surface area contributed by atoms with Gasteiger partial charge < -0.3 is 5.32 Å². The Morgan fingerprint density at radius 3 is 2.57 bits per heavy atom. The fourth-order valence-corrected chi connectivity index (χ4v) is 0.979. The molecule has 0 aromatic heterocycles. The summed E-state index contributed by atoms with van der Waals surface area (Å²) in [5, 5.41) is 2.64. The molecule has 1 fully saturated rings. The molecule has 0 aromatic rings. The van der Waals surface area contributed by atoms with Crippen molar-refractivity contribution >= 4 is 47.2 Å². The maximum atomic E-state index is 10.1. The zero-order valence-corrected chi connectivity index (χ0v) is 4.05. The van der Waals surface area contributed by atoms with Gasteiger partial charge in [0.05, 0.1) is 11.6 Å². The third-order valence-electron chi connectivity index (χ3n) is 0.605. The van der Waals surface area contributed by atoms with Crippen LogP contribution in [0.2, 0.25) is 0 Å². The molecule has 1 heterocycles. The van der Waals surface area contributed by atoms with Crippen LogP contribution < -0.4 is 5.32 Å². The Labute approximate surface area is 68.7 Å². The standard InChI is InChI=1S/C3H5NOS.Na.H/c5-3-1-6-2-4-3;;/h1-2H2,(H,4,5);;. The quantitative estimate of drug-likeness (QED) is 0.430. The van der Waals surface area contributed by atoms with Crippen LogP contribution in [0.25, 0.3) is 0 Å². The monoisotopic (exact) mass is 127 g/mol. The summed E-state index contributed by atoms with van der Waals surface area (Å²) in [5.41, 5.74) is 0. The second-order valence-corrected chi connectivity index (χ2v) is 2.08. The van der Waals surface area contributed by atoms with Crippen molar-refractivity contribution in [2.75, 3.05) is 11.6 Å². The van der Waals surface area contributed by atoms with Crippen molar-refractivity contribution in [2.45, 2.75) is 0 Å². The van der Waals surface area contributed by atoms with Gasteiger partial charge in [0, 0.05) is 0 Å². The number of carbonyl (C=O) groups excluding carboxylic acids is 1. The summed E-state index contributed by atoms with van der Waals surface area (Å²) in [6.45, 7) is 0. The Bertz CT molecular complexity index is 69.3. The zero-order chi connectivity index (χ0) is 4.41. The predicted molar refractivity (Wildman–Crippen MR) is 32.6 cm³/mol. The molecule has 4 heteroatoms. The number of amides is 1. The topological polar surface area (TPSA) is 29.1 Å². The van der Waals surface area contributed by atoms with Crippen LogP contribution in [0.4, 0.5) is 0 Å². The molecular formula is C3H6NNaOS. The van der Waals surface area contributed by atoms with Crippen LogP contribution in [0.15, 0.2) is 0 Å².